The van der Waals surface area contributed by atoms with Gasteiger partial charge in [-0.25, -0.2) is 0 Å². The van der Waals surface area contributed by atoms with Gasteiger partial charge in [0.25, 0.3) is 0 Å². The molecule has 3 nitrogen and oxygen atoms in total. The van der Waals surface area contributed by atoms with Crippen LogP contribution in [0.2, 0.25) is 0 Å². The van der Waals surface area contributed by atoms with Gasteiger partial charge >= 0.3 is 0 Å². The van der Waals surface area contributed by atoms with Crippen LogP contribution in [-0.2, 0) is 4.79 Å². The number of carbonyl (C=O) groups excluding carboxylic acids is 1. The van der Waals surface area contributed by atoms with Gasteiger partial charge in [0.1, 0.15) is 5.78 Å². The molecule has 0 spiro atoms. The summed E-state index contributed by atoms with van der Waals surface area (Å²) in [6.07, 6.45) is 0. The highest BCUT2D eigenvalue weighted by atomic mass is 16.3. The van der Waals surface area contributed by atoms with Crippen molar-refractivity contribution in [3.8, 4) is 0 Å². The van der Waals surface area contributed by atoms with Crippen LogP contribution in [0.1, 0.15) is 20.8 Å². The lowest BCUT2D eigenvalue weighted by Crippen LogP contribution is -2.37. The molecule has 0 aromatic rings. The quantitative estimate of drug-likeness (QED) is 0.659. The molecule has 0 aromatic heterocycles. The van der Waals surface area contributed by atoms with Gasteiger partial charge in [-0.1, -0.05) is 13.8 Å². The summed E-state index contributed by atoms with van der Waals surface area (Å²) in [5, 5.41) is 8.80. The van der Waals surface area contributed by atoms with Crippen molar-refractivity contribution >= 4 is 5.78 Å². The van der Waals surface area contributed by atoms with Gasteiger partial charge in [0.2, 0.25) is 0 Å². The number of hydrogen-bond acceptors (Lipinski definition) is 3. The predicted octanol–water partition coefficient (Wildman–Crippen LogP) is 0.524. The van der Waals surface area contributed by atoms with Crippen molar-refractivity contribution in [2.24, 2.45) is 5.92 Å². The average Bonchev–Trinajstić information content (AvgIpc) is 2.02. The Balaban J connectivity index is 3.83. The fraction of sp³-hybridized carbons (Fsp3) is 0.889. The van der Waals surface area contributed by atoms with E-state index in [0.29, 0.717) is 6.54 Å². The van der Waals surface area contributed by atoms with Gasteiger partial charge in [-0.2, -0.15) is 0 Å². The highest BCUT2D eigenvalue weighted by Crippen LogP contribution is 1.99. The Labute approximate surface area is 74.4 Å². The number of nitrogens with zero attached hydrogens (tertiary/aromatic N) is 1. The monoisotopic (exact) mass is 173 g/mol. The molecular formula is C9H19NO2. The molecule has 0 aliphatic heterocycles. The largest absolute Gasteiger partial charge is 0.395 e. The molecule has 0 aliphatic rings. The number of aliphatic hydroxyl groups excluding tert-OH is 1. The Kier molecular flexibility index (Phi) is 5.09. The Morgan fingerprint density at radius 3 is 2.25 bits per heavy atom. The molecule has 1 N–H and O–H groups in total. The second-order valence-electron chi connectivity index (χ2n) is 3.57. The van der Waals surface area contributed by atoms with E-state index in [9.17, 15) is 4.79 Å². The molecule has 0 aromatic carbocycles. The molecule has 0 radical (unpaired) electrons. The molecule has 0 bridgehead atoms. The summed E-state index contributed by atoms with van der Waals surface area (Å²) in [6, 6.07) is 0.0627. The first-order valence-electron chi connectivity index (χ1n) is 4.32. The van der Waals surface area contributed by atoms with Crippen LogP contribution in [0, 0.1) is 5.92 Å². The fourth-order valence-corrected chi connectivity index (χ4v) is 0.724. The van der Waals surface area contributed by atoms with Gasteiger partial charge in [-0.15, -0.1) is 0 Å². The van der Waals surface area contributed by atoms with E-state index in [1.165, 1.54) is 0 Å². The minimum Gasteiger partial charge on any atom is -0.395 e. The molecule has 0 amide bonds. The van der Waals surface area contributed by atoms with Crippen LogP contribution < -0.4 is 0 Å². The number of Topliss-reactive ketones (excluding diaryl/α,β-unsaturated/α-hetero) is 1. The number of rotatable bonds is 5. The molecule has 72 valence electrons. The van der Waals surface area contributed by atoms with E-state index in [1.54, 1.807) is 0 Å². The van der Waals surface area contributed by atoms with Crippen molar-refractivity contribution in [2.45, 2.75) is 26.8 Å². The maximum atomic E-state index is 11.3. The second kappa shape index (κ2) is 5.27. The molecule has 0 fully saturated rings. The first kappa shape index (κ1) is 11.6. The van der Waals surface area contributed by atoms with Crippen LogP contribution in [0.3, 0.4) is 0 Å². The van der Waals surface area contributed by atoms with Crippen LogP contribution >= 0.6 is 0 Å². The minimum absolute atomic E-state index is 0.0627. The van der Waals surface area contributed by atoms with Crippen LogP contribution in [-0.4, -0.2) is 42.0 Å². The fourth-order valence-electron chi connectivity index (χ4n) is 0.724. The van der Waals surface area contributed by atoms with Crippen LogP contribution in [0.4, 0.5) is 0 Å². The number of aliphatic hydroxyl groups is 1. The van der Waals surface area contributed by atoms with E-state index in [-0.39, 0.29) is 24.3 Å². The molecule has 12 heavy (non-hydrogen) atoms. The standard InChI is InChI=1S/C9H19NO2/c1-7(2)9(12)5-10(4)8(3)6-11/h7-8,11H,5-6H2,1-4H3. The van der Waals surface area contributed by atoms with Crippen LogP contribution in [0.15, 0.2) is 0 Å². The summed E-state index contributed by atoms with van der Waals surface area (Å²) in [7, 11) is 1.85. The van der Waals surface area contributed by atoms with Gasteiger partial charge in [-0.3, -0.25) is 9.69 Å². The summed E-state index contributed by atoms with van der Waals surface area (Å²) in [5.41, 5.74) is 0. The summed E-state index contributed by atoms with van der Waals surface area (Å²) in [6.45, 7) is 6.20. The molecule has 1 atom stereocenters. The number of likely N-dealkylation sites (N-methyl/N-ethyl adjacent to an activating group) is 1. The lowest BCUT2D eigenvalue weighted by Gasteiger charge is -2.22. The average molecular weight is 173 g/mol. The molecule has 0 heterocycles. The first-order chi connectivity index (χ1) is 5.49. The summed E-state index contributed by atoms with van der Waals surface area (Å²) >= 11 is 0. The molecule has 0 saturated carbocycles. The smallest absolute Gasteiger partial charge is 0.149 e. The van der Waals surface area contributed by atoms with E-state index < -0.39 is 0 Å². The van der Waals surface area contributed by atoms with Crippen LogP contribution in [0.25, 0.3) is 0 Å². The lowest BCUT2D eigenvalue weighted by molar-refractivity contribution is -0.123. The Bertz CT molecular complexity index is 145. The molecule has 1 unspecified atom stereocenters. The first-order valence-corrected chi connectivity index (χ1v) is 4.32. The Morgan fingerprint density at radius 2 is 1.92 bits per heavy atom. The van der Waals surface area contributed by atoms with Crippen LogP contribution in [0.5, 0.6) is 0 Å². The topological polar surface area (TPSA) is 40.5 Å². The van der Waals surface area contributed by atoms with Crippen molar-refractivity contribution in [1.29, 1.82) is 0 Å². The number of ketones is 1. The van der Waals surface area contributed by atoms with Gasteiger partial charge in [-0.05, 0) is 14.0 Å². The molecular weight excluding hydrogens is 154 g/mol. The molecule has 0 saturated heterocycles. The van der Waals surface area contributed by atoms with Crippen molar-refractivity contribution in [1.82, 2.24) is 4.90 Å². The zero-order valence-electron chi connectivity index (χ0n) is 8.37. The summed E-state index contributed by atoms with van der Waals surface area (Å²) in [5.74, 6) is 0.302. The van der Waals surface area contributed by atoms with Crippen molar-refractivity contribution < 1.29 is 9.90 Å². The summed E-state index contributed by atoms with van der Waals surface area (Å²) in [4.78, 5) is 13.1. The third kappa shape index (κ3) is 3.83. The zero-order chi connectivity index (χ0) is 9.72. The zero-order valence-corrected chi connectivity index (χ0v) is 8.37. The highest BCUT2D eigenvalue weighted by Gasteiger charge is 2.13. The molecule has 0 aliphatic carbocycles. The van der Waals surface area contributed by atoms with Gasteiger partial charge < -0.3 is 5.11 Å². The van der Waals surface area contributed by atoms with Crippen molar-refractivity contribution in [2.75, 3.05) is 20.2 Å². The van der Waals surface area contributed by atoms with E-state index in [4.69, 9.17) is 5.11 Å². The van der Waals surface area contributed by atoms with Gasteiger partial charge in [0, 0.05) is 12.0 Å². The third-order valence-corrected chi connectivity index (χ3v) is 2.07. The van der Waals surface area contributed by atoms with E-state index >= 15 is 0 Å². The summed E-state index contributed by atoms with van der Waals surface area (Å²) < 4.78 is 0. The number of hydrogen-bond donors (Lipinski definition) is 1. The molecule has 0 rings (SSSR count). The minimum atomic E-state index is 0.0627. The van der Waals surface area contributed by atoms with Gasteiger partial charge in [0.15, 0.2) is 0 Å². The lowest BCUT2D eigenvalue weighted by atomic mass is 10.1. The SMILES string of the molecule is CC(C)C(=O)CN(C)C(C)CO. The van der Waals surface area contributed by atoms with Crippen molar-refractivity contribution in [3.63, 3.8) is 0 Å². The van der Waals surface area contributed by atoms with E-state index in [1.807, 2.05) is 32.7 Å². The Morgan fingerprint density at radius 1 is 1.42 bits per heavy atom. The second-order valence-corrected chi connectivity index (χ2v) is 3.57. The third-order valence-electron chi connectivity index (χ3n) is 2.07. The van der Waals surface area contributed by atoms with E-state index in [0.717, 1.165) is 0 Å². The maximum absolute atomic E-state index is 11.3. The maximum Gasteiger partial charge on any atom is 0.149 e. The van der Waals surface area contributed by atoms with Crippen molar-refractivity contribution in [3.05, 3.63) is 0 Å². The molecule has 3 heteroatoms. The predicted molar refractivity (Wildman–Crippen MR) is 49.0 cm³/mol. The van der Waals surface area contributed by atoms with Gasteiger partial charge in [0.05, 0.1) is 13.2 Å². The number of carbonyl (C=O) groups is 1. The normalized spacial score (nSPS) is 13.9. The van der Waals surface area contributed by atoms with E-state index in [2.05, 4.69) is 0 Å². The Hall–Kier alpha value is -0.410. The highest BCUT2D eigenvalue weighted by molar-refractivity contribution is 5.82.